The highest BCUT2D eigenvalue weighted by molar-refractivity contribution is 5.96. The predicted octanol–water partition coefficient (Wildman–Crippen LogP) is 1.74. The van der Waals surface area contributed by atoms with Gasteiger partial charge in [0.15, 0.2) is 0 Å². The molecule has 5 nitrogen and oxygen atoms in total. The van der Waals surface area contributed by atoms with Crippen LogP contribution >= 0.6 is 0 Å². The van der Waals surface area contributed by atoms with Crippen molar-refractivity contribution < 1.29 is 9.53 Å². The van der Waals surface area contributed by atoms with E-state index in [1.165, 1.54) is 0 Å². The van der Waals surface area contributed by atoms with Gasteiger partial charge < -0.3 is 15.0 Å². The first-order valence-corrected chi connectivity index (χ1v) is 5.78. The zero-order valence-electron chi connectivity index (χ0n) is 10.1. The van der Waals surface area contributed by atoms with Gasteiger partial charge in [0, 0.05) is 6.20 Å². The van der Waals surface area contributed by atoms with E-state index in [1.54, 1.807) is 24.7 Å². The molecule has 1 heterocycles. The lowest BCUT2D eigenvalue weighted by Gasteiger charge is -2.09. The van der Waals surface area contributed by atoms with E-state index in [4.69, 9.17) is 4.74 Å². The fourth-order valence-electron chi connectivity index (χ4n) is 1.59. The molecule has 2 N–H and O–H groups in total. The van der Waals surface area contributed by atoms with E-state index < -0.39 is 0 Å². The van der Waals surface area contributed by atoms with Gasteiger partial charge in [0.1, 0.15) is 5.75 Å². The summed E-state index contributed by atoms with van der Waals surface area (Å²) in [4.78, 5) is 18.8. The molecular formula is C13H15N3O2. The first-order chi connectivity index (χ1) is 8.81. The minimum absolute atomic E-state index is 0.159. The number of hydrogen-bond donors (Lipinski definition) is 2. The summed E-state index contributed by atoms with van der Waals surface area (Å²) in [5.41, 5.74) is 1.40. The van der Waals surface area contributed by atoms with Gasteiger partial charge in [-0.2, -0.15) is 0 Å². The highest BCUT2D eigenvalue weighted by Gasteiger charge is 2.11. The van der Waals surface area contributed by atoms with Gasteiger partial charge in [-0.3, -0.25) is 4.79 Å². The van der Waals surface area contributed by atoms with Crippen molar-refractivity contribution in [3.8, 4) is 5.75 Å². The van der Waals surface area contributed by atoms with Gasteiger partial charge in [-0.1, -0.05) is 12.1 Å². The van der Waals surface area contributed by atoms with Crippen molar-refractivity contribution in [3.63, 3.8) is 0 Å². The highest BCUT2D eigenvalue weighted by atomic mass is 16.5. The van der Waals surface area contributed by atoms with Crippen molar-refractivity contribution in [2.75, 3.05) is 6.61 Å². The first-order valence-electron chi connectivity index (χ1n) is 5.78. The topological polar surface area (TPSA) is 67.0 Å². The average molecular weight is 245 g/mol. The number of H-pyrrole nitrogens is 1. The number of carbonyl (C=O) groups is 1. The standard InChI is InChI=1S/C13H15N3O2/c1-2-18-12-6-4-3-5-11(12)13(17)15-8-10-7-14-9-16-10/h3-7,9H,2,8H2,1H3,(H,14,16)(H,15,17). The zero-order chi connectivity index (χ0) is 12.8. The van der Waals surface area contributed by atoms with Gasteiger partial charge in [0.05, 0.1) is 30.7 Å². The molecule has 2 rings (SSSR count). The Kier molecular flexibility index (Phi) is 3.96. The lowest BCUT2D eigenvalue weighted by molar-refractivity contribution is 0.0946. The lowest BCUT2D eigenvalue weighted by Crippen LogP contribution is -2.23. The number of carbonyl (C=O) groups excluding carboxylic acids is 1. The Morgan fingerprint density at radius 3 is 3.00 bits per heavy atom. The Morgan fingerprint density at radius 1 is 1.44 bits per heavy atom. The van der Waals surface area contributed by atoms with Gasteiger partial charge in [-0.15, -0.1) is 0 Å². The van der Waals surface area contributed by atoms with Crippen molar-refractivity contribution in [3.05, 3.63) is 48.0 Å². The van der Waals surface area contributed by atoms with Crippen LogP contribution in [-0.2, 0) is 6.54 Å². The number of imidazole rings is 1. The summed E-state index contributed by atoms with van der Waals surface area (Å²) in [6.07, 6.45) is 3.25. The second-order valence-corrected chi connectivity index (χ2v) is 3.69. The van der Waals surface area contributed by atoms with E-state index in [1.807, 2.05) is 19.1 Å². The monoisotopic (exact) mass is 245 g/mol. The first kappa shape index (κ1) is 12.2. The molecule has 0 fully saturated rings. The summed E-state index contributed by atoms with van der Waals surface area (Å²) in [5, 5.41) is 2.81. The number of hydrogen-bond acceptors (Lipinski definition) is 3. The van der Waals surface area contributed by atoms with Crippen LogP contribution < -0.4 is 10.1 Å². The number of ether oxygens (including phenoxy) is 1. The Bertz CT molecular complexity index is 509. The summed E-state index contributed by atoms with van der Waals surface area (Å²) in [6.45, 7) is 2.84. The molecule has 0 aliphatic rings. The Hall–Kier alpha value is -2.30. The maximum atomic E-state index is 12.0. The summed E-state index contributed by atoms with van der Waals surface area (Å²) >= 11 is 0. The van der Waals surface area contributed by atoms with Crippen LogP contribution in [0.5, 0.6) is 5.75 Å². The molecule has 1 amide bonds. The third-order valence-corrected chi connectivity index (χ3v) is 2.43. The highest BCUT2D eigenvalue weighted by Crippen LogP contribution is 2.17. The molecule has 0 saturated carbocycles. The normalized spacial score (nSPS) is 10.1. The molecule has 94 valence electrons. The van der Waals surface area contributed by atoms with Gasteiger partial charge in [-0.25, -0.2) is 4.98 Å². The average Bonchev–Trinajstić information content (AvgIpc) is 2.90. The Balaban J connectivity index is 2.04. The fraction of sp³-hybridized carbons (Fsp3) is 0.231. The molecule has 0 radical (unpaired) electrons. The number of aromatic amines is 1. The van der Waals surface area contributed by atoms with E-state index in [9.17, 15) is 4.79 Å². The summed E-state index contributed by atoms with van der Waals surface area (Å²) in [5.74, 6) is 0.441. The van der Waals surface area contributed by atoms with Crippen LogP contribution in [0.15, 0.2) is 36.8 Å². The molecule has 0 unspecified atom stereocenters. The zero-order valence-corrected chi connectivity index (χ0v) is 10.1. The minimum Gasteiger partial charge on any atom is -0.493 e. The quantitative estimate of drug-likeness (QED) is 0.843. The van der Waals surface area contributed by atoms with Crippen LogP contribution in [0.4, 0.5) is 0 Å². The Labute approximate surface area is 105 Å². The maximum absolute atomic E-state index is 12.0. The summed E-state index contributed by atoms with van der Waals surface area (Å²) < 4.78 is 5.41. The largest absolute Gasteiger partial charge is 0.493 e. The fourth-order valence-corrected chi connectivity index (χ4v) is 1.59. The van der Waals surface area contributed by atoms with E-state index in [0.717, 1.165) is 5.69 Å². The van der Waals surface area contributed by atoms with Gasteiger partial charge in [0.25, 0.3) is 5.91 Å². The van der Waals surface area contributed by atoms with E-state index in [0.29, 0.717) is 24.5 Å². The van der Waals surface area contributed by atoms with Crippen LogP contribution in [0, 0.1) is 0 Å². The Morgan fingerprint density at radius 2 is 2.28 bits per heavy atom. The van der Waals surface area contributed by atoms with Gasteiger partial charge in [-0.05, 0) is 19.1 Å². The molecule has 0 spiro atoms. The molecule has 0 atom stereocenters. The van der Waals surface area contributed by atoms with Gasteiger partial charge >= 0.3 is 0 Å². The van der Waals surface area contributed by atoms with E-state index >= 15 is 0 Å². The number of amides is 1. The second kappa shape index (κ2) is 5.86. The molecule has 18 heavy (non-hydrogen) atoms. The molecule has 0 bridgehead atoms. The van der Waals surface area contributed by atoms with Gasteiger partial charge in [0.2, 0.25) is 0 Å². The third kappa shape index (κ3) is 2.88. The van der Waals surface area contributed by atoms with E-state index in [2.05, 4.69) is 15.3 Å². The third-order valence-electron chi connectivity index (χ3n) is 2.43. The number of nitrogens with one attached hydrogen (secondary N) is 2. The van der Waals surface area contributed by atoms with Crippen LogP contribution in [0.25, 0.3) is 0 Å². The van der Waals surface area contributed by atoms with E-state index in [-0.39, 0.29) is 5.91 Å². The molecule has 0 aliphatic heterocycles. The number of rotatable bonds is 5. The van der Waals surface area contributed by atoms with Crippen molar-refractivity contribution in [2.24, 2.45) is 0 Å². The van der Waals surface area contributed by atoms with Crippen LogP contribution in [0.3, 0.4) is 0 Å². The van der Waals surface area contributed by atoms with Crippen molar-refractivity contribution in [2.45, 2.75) is 13.5 Å². The predicted molar refractivity (Wildman–Crippen MR) is 67.4 cm³/mol. The van der Waals surface area contributed by atoms with Crippen LogP contribution in [-0.4, -0.2) is 22.5 Å². The smallest absolute Gasteiger partial charge is 0.255 e. The molecule has 0 saturated heterocycles. The minimum atomic E-state index is -0.159. The van der Waals surface area contributed by atoms with Crippen molar-refractivity contribution in [1.29, 1.82) is 0 Å². The lowest BCUT2D eigenvalue weighted by atomic mass is 10.2. The number of benzene rings is 1. The van der Waals surface area contributed by atoms with Crippen LogP contribution in [0.1, 0.15) is 23.0 Å². The molecule has 2 aromatic rings. The number of para-hydroxylation sites is 1. The molecule has 1 aromatic heterocycles. The maximum Gasteiger partial charge on any atom is 0.255 e. The summed E-state index contributed by atoms with van der Waals surface area (Å²) in [6, 6.07) is 7.19. The number of aromatic nitrogens is 2. The molecule has 5 heteroatoms. The number of nitrogens with zero attached hydrogens (tertiary/aromatic N) is 1. The molecular weight excluding hydrogens is 230 g/mol. The van der Waals surface area contributed by atoms with Crippen LogP contribution in [0.2, 0.25) is 0 Å². The molecule has 1 aromatic carbocycles. The summed E-state index contributed by atoms with van der Waals surface area (Å²) in [7, 11) is 0. The van der Waals surface area contributed by atoms with Crippen molar-refractivity contribution in [1.82, 2.24) is 15.3 Å². The SMILES string of the molecule is CCOc1ccccc1C(=O)NCc1cnc[nH]1. The molecule has 0 aliphatic carbocycles. The van der Waals surface area contributed by atoms with Crippen molar-refractivity contribution >= 4 is 5.91 Å². The second-order valence-electron chi connectivity index (χ2n) is 3.69.